The van der Waals surface area contributed by atoms with E-state index in [2.05, 4.69) is 10.3 Å². The molecule has 130 valence electrons. The van der Waals surface area contributed by atoms with E-state index in [4.69, 9.17) is 4.74 Å². The first-order valence-electron chi connectivity index (χ1n) is 7.80. The van der Waals surface area contributed by atoms with Crippen LogP contribution >= 0.6 is 0 Å². The van der Waals surface area contributed by atoms with Crippen LogP contribution in [0.2, 0.25) is 0 Å². The Kier molecular flexibility index (Phi) is 5.11. The molecule has 1 aromatic heterocycles. The fourth-order valence-corrected chi connectivity index (χ4v) is 2.40. The van der Waals surface area contributed by atoms with Gasteiger partial charge >= 0.3 is 12.1 Å². The van der Waals surface area contributed by atoms with Gasteiger partial charge in [0.05, 0.1) is 11.0 Å². The molecule has 24 heavy (non-hydrogen) atoms. The monoisotopic (exact) mass is 333 g/mol. The van der Waals surface area contributed by atoms with E-state index in [-0.39, 0.29) is 6.42 Å². The van der Waals surface area contributed by atoms with Crippen LogP contribution in [0.3, 0.4) is 0 Å². The van der Waals surface area contributed by atoms with Gasteiger partial charge in [-0.3, -0.25) is 0 Å². The summed E-state index contributed by atoms with van der Waals surface area (Å²) in [7, 11) is 1.89. The molecule has 0 aliphatic carbocycles. The number of carbonyl (C=O) groups excluding carboxylic acids is 1. The van der Waals surface area contributed by atoms with Crippen LogP contribution < -0.4 is 5.32 Å². The first-order chi connectivity index (χ1) is 11.2. The standard InChI is InChI=1S/C17H23N3O4/c1-17(2,3)24-16(23)19-12(15(21)22)9-10-14-18-11-7-5-6-8-13(11)20(14)4/h5-8,12H,9-10H2,1-4H3,(H,19,23)(H,21,22). The summed E-state index contributed by atoms with van der Waals surface area (Å²) in [5.41, 5.74) is 1.17. The van der Waals surface area contributed by atoms with Gasteiger partial charge in [0, 0.05) is 13.5 Å². The normalized spacial score (nSPS) is 12.8. The molecule has 2 rings (SSSR count). The highest BCUT2D eigenvalue weighted by molar-refractivity contribution is 5.80. The maximum atomic E-state index is 11.8. The first kappa shape index (κ1) is 17.8. The SMILES string of the molecule is Cn1c(CCC(NC(=O)OC(C)(C)C)C(=O)O)nc2ccccc21. The number of aliphatic carboxylic acids is 1. The van der Waals surface area contributed by atoms with Crippen molar-refractivity contribution < 1.29 is 19.4 Å². The van der Waals surface area contributed by atoms with Gasteiger partial charge in [-0.2, -0.15) is 0 Å². The number of amides is 1. The minimum atomic E-state index is -1.10. The second-order valence-corrected chi connectivity index (χ2v) is 6.65. The number of para-hydroxylation sites is 2. The molecule has 0 spiro atoms. The van der Waals surface area contributed by atoms with E-state index in [0.717, 1.165) is 16.9 Å². The quantitative estimate of drug-likeness (QED) is 0.877. The topological polar surface area (TPSA) is 93.5 Å². The zero-order chi connectivity index (χ0) is 17.9. The Balaban J connectivity index is 2.04. The van der Waals surface area contributed by atoms with Crippen LogP contribution in [0.4, 0.5) is 4.79 Å². The molecule has 0 fully saturated rings. The van der Waals surface area contributed by atoms with E-state index in [1.807, 2.05) is 35.9 Å². The molecule has 1 amide bonds. The molecule has 0 bridgehead atoms. The number of aryl methyl sites for hydroxylation is 2. The molecule has 7 nitrogen and oxygen atoms in total. The fourth-order valence-electron chi connectivity index (χ4n) is 2.40. The zero-order valence-electron chi connectivity index (χ0n) is 14.4. The maximum Gasteiger partial charge on any atom is 0.408 e. The Morgan fingerprint density at radius 3 is 2.58 bits per heavy atom. The van der Waals surface area contributed by atoms with Crippen LogP contribution in [0.1, 0.15) is 33.0 Å². The lowest BCUT2D eigenvalue weighted by atomic mass is 10.1. The number of imidazole rings is 1. The Hall–Kier alpha value is -2.57. The van der Waals surface area contributed by atoms with Crippen LogP contribution in [0.25, 0.3) is 11.0 Å². The Bertz CT molecular complexity index is 746. The summed E-state index contributed by atoms with van der Waals surface area (Å²) in [5, 5.41) is 11.7. The minimum Gasteiger partial charge on any atom is -0.480 e. The summed E-state index contributed by atoms with van der Waals surface area (Å²) in [6.07, 6.45) is -0.0798. The van der Waals surface area contributed by atoms with E-state index in [0.29, 0.717) is 6.42 Å². The Labute approximate surface area is 140 Å². The van der Waals surface area contributed by atoms with E-state index in [1.165, 1.54) is 0 Å². The lowest BCUT2D eigenvalue weighted by Crippen LogP contribution is -2.43. The third-order valence-corrected chi connectivity index (χ3v) is 3.53. The summed E-state index contributed by atoms with van der Waals surface area (Å²) in [4.78, 5) is 27.7. The molecule has 7 heteroatoms. The maximum absolute atomic E-state index is 11.8. The summed E-state index contributed by atoms with van der Waals surface area (Å²) in [6.45, 7) is 5.17. The van der Waals surface area contributed by atoms with Crippen LogP contribution in [-0.4, -0.2) is 38.4 Å². The van der Waals surface area contributed by atoms with Crippen molar-refractivity contribution in [2.45, 2.75) is 45.3 Å². The molecule has 1 aromatic carbocycles. The van der Waals surface area contributed by atoms with Crippen LogP contribution in [0.15, 0.2) is 24.3 Å². The minimum absolute atomic E-state index is 0.228. The number of carboxylic acid groups (broad SMARTS) is 1. The van der Waals surface area contributed by atoms with Gasteiger partial charge in [-0.25, -0.2) is 14.6 Å². The molecule has 0 aliphatic heterocycles. The predicted molar refractivity (Wildman–Crippen MR) is 89.8 cm³/mol. The number of alkyl carbamates (subject to hydrolysis) is 1. The van der Waals surface area contributed by atoms with Crippen molar-refractivity contribution in [3.05, 3.63) is 30.1 Å². The summed E-state index contributed by atoms with van der Waals surface area (Å²) in [5.74, 6) is -0.326. The van der Waals surface area contributed by atoms with E-state index in [1.54, 1.807) is 20.8 Å². The van der Waals surface area contributed by atoms with Crippen molar-refractivity contribution in [3.63, 3.8) is 0 Å². The Morgan fingerprint density at radius 2 is 2.00 bits per heavy atom. The molecule has 2 N–H and O–H groups in total. The summed E-state index contributed by atoms with van der Waals surface area (Å²) in [6, 6.07) is 6.67. The smallest absolute Gasteiger partial charge is 0.408 e. The number of benzene rings is 1. The van der Waals surface area contributed by atoms with Crippen LogP contribution in [0.5, 0.6) is 0 Å². The number of rotatable bonds is 5. The van der Waals surface area contributed by atoms with Gasteiger partial charge in [0.15, 0.2) is 0 Å². The fraction of sp³-hybridized carbons (Fsp3) is 0.471. The highest BCUT2D eigenvalue weighted by Crippen LogP contribution is 2.16. The third kappa shape index (κ3) is 4.47. The predicted octanol–water partition coefficient (Wildman–Crippen LogP) is 2.48. The zero-order valence-corrected chi connectivity index (χ0v) is 14.4. The molecule has 0 saturated carbocycles. The molecular formula is C17H23N3O4. The van der Waals surface area contributed by atoms with Gasteiger partial charge < -0.3 is 19.7 Å². The highest BCUT2D eigenvalue weighted by Gasteiger charge is 2.24. The largest absolute Gasteiger partial charge is 0.480 e. The van der Waals surface area contributed by atoms with Gasteiger partial charge in [-0.1, -0.05) is 12.1 Å². The van der Waals surface area contributed by atoms with Crippen molar-refractivity contribution in [3.8, 4) is 0 Å². The molecule has 0 aliphatic rings. The molecular weight excluding hydrogens is 310 g/mol. The molecule has 2 aromatic rings. The number of nitrogens with zero attached hydrogens (tertiary/aromatic N) is 2. The second kappa shape index (κ2) is 6.90. The number of fused-ring (bicyclic) bond motifs is 1. The van der Waals surface area contributed by atoms with Gasteiger partial charge in [0.25, 0.3) is 0 Å². The number of nitrogens with one attached hydrogen (secondary N) is 1. The van der Waals surface area contributed by atoms with Gasteiger partial charge in [-0.05, 0) is 39.3 Å². The van der Waals surface area contributed by atoms with E-state index in [9.17, 15) is 14.7 Å². The van der Waals surface area contributed by atoms with E-state index < -0.39 is 23.7 Å². The third-order valence-electron chi connectivity index (χ3n) is 3.53. The van der Waals surface area contributed by atoms with E-state index >= 15 is 0 Å². The van der Waals surface area contributed by atoms with Crippen molar-refractivity contribution in [1.29, 1.82) is 0 Å². The molecule has 1 heterocycles. The number of aromatic nitrogens is 2. The van der Waals surface area contributed by atoms with Gasteiger partial charge in [-0.15, -0.1) is 0 Å². The molecule has 0 radical (unpaired) electrons. The Morgan fingerprint density at radius 1 is 1.33 bits per heavy atom. The average Bonchev–Trinajstić information content (AvgIpc) is 2.78. The van der Waals surface area contributed by atoms with Crippen molar-refractivity contribution in [1.82, 2.24) is 14.9 Å². The van der Waals surface area contributed by atoms with Crippen molar-refractivity contribution in [2.75, 3.05) is 0 Å². The number of hydrogen-bond acceptors (Lipinski definition) is 4. The van der Waals surface area contributed by atoms with Crippen LogP contribution in [-0.2, 0) is 23.0 Å². The summed E-state index contributed by atoms with van der Waals surface area (Å²) >= 11 is 0. The number of carbonyl (C=O) groups is 2. The van der Waals surface area contributed by atoms with Crippen LogP contribution in [0, 0.1) is 0 Å². The first-order valence-corrected chi connectivity index (χ1v) is 7.80. The molecule has 1 atom stereocenters. The number of carboxylic acids is 1. The number of ether oxygens (including phenoxy) is 1. The lowest BCUT2D eigenvalue weighted by Gasteiger charge is -2.22. The van der Waals surface area contributed by atoms with Crippen molar-refractivity contribution >= 4 is 23.1 Å². The van der Waals surface area contributed by atoms with Gasteiger partial charge in [0.1, 0.15) is 17.5 Å². The van der Waals surface area contributed by atoms with Gasteiger partial charge in [0.2, 0.25) is 0 Å². The second-order valence-electron chi connectivity index (χ2n) is 6.65. The lowest BCUT2D eigenvalue weighted by molar-refractivity contribution is -0.139. The average molecular weight is 333 g/mol. The molecule has 0 saturated heterocycles. The summed E-state index contributed by atoms with van der Waals surface area (Å²) < 4.78 is 7.04. The molecule has 1 unspecified atom stereocenters. The van der Waals surface area contributed by atoms with Crippen molar-refractivity contribution in [2.24, 2.45) is 7.05 Å². The highest BCUT2D eigenvalue weighted by atomic mass is 16.6. The number of hydrogen-bond donors (Lipinski definition) is 2.